The van der Waals surface area contributed by atoms with Crippen LogP contribution in [0.4, 0.5) is 13.2 Å². The number of hydrogen-bond acceptors (Lipinski definition) is 2. The van der Waals surface area contributed by atoms with Gasteiger partial charge in [0.1, 0.15) is 0 Å². The number of halogens is 3. The highest BCUT2D eigenvalue weighted by molar-refractivity contribution is 5.87. The first kappa shape index (κ1) is 15.1. The van der Waals surface area contributed by atoms with Crippen molar-refractivity contribution < 1.29 is 28.2 Å². The van der Waals surface area contributed by atoms with E-state index in [1.807, 2.05) is 0 Å². The van der Waals surface area contributed by atoms with Crippen LogP contribution < -0.4 is 0 Å². The Morgan fingerprint density at radius 1 is 1.19 bits per heavy atom. The number of rotatable bonds is 4. The summed E-state index contributed by atoms with van der Waals surface area (Å²) in [7, 11) is 0. The highest BCUT2D eigenvalue weighted by Crippen LogP contribution is 2.32. The largest absolute Gasteiger partial charge is 0.478 e. The Kier molecular flexibility index (Phi) is 4.04. The summed E-state index contributed by atoms with van der Waals surface area (Å²) in [5.74, 6) is -1.04. The van der Waals surface area contributed by atoms with Crippen molar-refractivity contribution in [2.75, 3.05) is 0 Å². The van der Waals surface area contributed by atoms with Crippen molar-refractivity contribution in [3.63, 3.8) is 0 Å². The summed E-state index contributed by atoms with van der Waals surface area (Å²) in [6, 6.07) is 7.22. The van der Waals surface area contributed by atoms with Gasteiger partial charge in [0.05, 0.1) is 5.56 Å². The number of carboxylic acids is 1. The third-order valence-electron chi connectivity index (χ3n) is 2.97. The predicted octanol–water partition coefficient (Wildman–Crippen LogP) is 2.83. The zero-order valence-electron chi connectivity index (χ0n) is 10.7. The lowest BCUT2D eigenvalue weighted by Crippen LogP contribution is -2.19. The third-order valence-corrected chi connectivity index (χ3v) is 2.97. The number of carbonyl (C=O) groups is 1. The number of alkyl halides is 3. The van der Waals surface area contributed by atoms with Gasteiger partial charge >= 0.3 is 12.1 Å². The molecule has 0 saturated heterocycles. The van der Waals surface area contributed by atoms with Gasteiger partial charge in [-0.3, -0.25) is 0 Å². The van der Waals surface area contributed by atoms with Gasteiger partial charge in [0.15, 0.2) is 6.10 Å². The average molecular weight is 299 g/mol. The van der Waals surface area contributed by atoms with Crippen LogP contribution in [0.25, 0.3) is 0 Å². The van der Waals surface area contributed by atoms with Crippen LogP contribution in [-0.4, -0.2) is 26.9 Å². The predicted molar refractivity (Wildman–Crippen MR) is 68.0 cm³/mol. The van der Waals surface area contributed by atoms with Gasteiger partial charge in [-0.2, -0.15) is 13.2 Å². The van der Waals surface area contributed by atoms with Crippen LogP contribution in [0.2, 0.25) is 0 Å². The molecule has 0 amide bonds. The van der Waals surface area contributed by atoms with Gasteiger partial charge in [-0.05, 0) is 23.8 Å². The fourth-order valence-electron chi connectivity index (χ4n) is 1.87. The lowest BCUT2D eigenvalue weighted by atomic mass is 10.1. The lowest BCUT2D eigenvalue weighted by Gasteiger charge is -2.12. The number of aliphatic hydroxyl groups is 1. The van der Waals surface area contributed by atoms with E-state index in [9.17, 15) is 18.0 Å². The summed E-state index contributed by atoms with van der Waals surface area (Å²) in [5, 5.41) is 17.9. The topological polar surface area (TPSA) is 62.5 Å². The Hall–Kier alpha value is -2.28. The number of aliphatic hydroxyl groups excluding tert-OH is 1. The number of aromatic carboxylic acids is 1. The molecule has 2 rings (SSSR count). The molecule has 2 N–H and O–H groups in total. The van der Waals surface area contributed by atoms with Gasteiger partial charge in [0.2, 0.25) is 0 Å². The first-order valence-electron chi connectivity index (χ1n) is 6.00. The molecule has 1 aromatic heterocycles. The molecule has 112 valence electrons. The molecule has 1 heterocycles. The van der Waals surface area contributed by atoms with E-state index < -0.39 is 18.2 Å². The first-order valence-corrected chi connectivity index (χ1v) is 6.00. The molecule has 0 radical (unpaired) electrons. The molecule has 1 aromatic carbocycles. The third kappa shape index (κ3) is 3.63. The summed E-state index contributed by atoms with van der Waals surface area (Å²) in [6.45, 7) is 0.282. The lowest BCUT2D eigenvalue weighted by molar-refractivity contribution is -0.206. The quantitative estimate of drug-likeness (QED) is 0.912. The maximum atomic E-state index is 12.4. The van der Waals surface area contributed by atoms with E-state index in [1.54, 1.807) is 12.1 Å². The fourth-order valence-corrected chi connectivity index (χ4v) is 1.87. The van der Waals surface area contributed by atoms with Gasteiger partial charge in [0.25, 0.3) is 0 Å². The van der Waals surface area contributed by atoms with E-state index in [2.05, 4.69) is 0 Å². The summed E-state index contributed by atoms with van der Waals surface area (Å²) in [5.41, 5.74) is 0.646. The summed E-state index contributed by atoms with van der Waals surface area (Å²) < 4.78 is 38.6. The summed E-state index contributed by atoms with van der Waals surface area (Å²) in [6.07, 6.45) is -4.57. The van der Waals surface area contributed by atoms with E-state index in [-0.39, 0.29) is 17.7 Å². The van der Waals surface area contributed by atoms with E-state index in [4.69, 9.17) is 10.2 Å². The number of aromatic nitrogens is 1. The van der Waals surface area contributed by atoms with Gasteiger partial charge < -0.3 is 14.8 Å². The first-order chi connectivity index (χ1) is 9.77. The van der Waals surface area contributed by atoms with Crippen molar-refractivity contribution in [3.8, 4) is 0 Å². The minimum atomic E-state index is -4.70. The standard InChI is InChI=1S/C14H12F3NO3/c15-14(16,17)12(19)11-5-6-18(8-11)7-9-1-3-10(4-2-9)13(20)21/h1-6,8,12,19H,7H2,(H,20,21). The molecule has 0 aliphatic carbocycles. The molecule has 0 bridgehead atoms. The molecular weight excluding hydrogens is 287 g/mol. The van der Waals surface area contributed by atoms with Crippen LogP contribution in [-0.2, 0) is 6.54 Å². The van der Waals surface area contributed by atoms with Crippen molar-refractivity contribution in [1.82, 2.24) is 4.57 Å². The molecule has 1 atom stereocenters. The normalized spacial score (nSPS) is 13.1. The minimum absolute atomic E-state index is 0.138. The van der Waals surface area contributed by atoms with Crippen LogP contribution in [0.3, 0.4) is 0 Å². The molecule has 0 aliphatic heterocycles. The van der Waals surface area contributed by atoms with Crippen LogP contribution in [0.5, 0.6) is 0 Å². The molecule has 7 heteroatoms. The zero-order chi connectivity index (χ0) is 15.6. The van der Waals surface area contributed by atoms with Crippen LogP contribution >= 0.6 is 0 Å². The highest BCUT2D eigenvalue weighted by atomic mass is 19.4. The van der Waals surface area contributed by atoms with Crippen molar-refractivity contribution >= 4 is 5.97 Å². The van der Waals surface area contributed by atoms with Crippen LogP contribution in [0.15, 0.2) is 42.7 Å². The molecule has 2 aromatic rings. The van der Waals surface area contributed by atoms with Crippen LogP contribution in [0.1, 0.15) is 27.6 Å². The summed E-state index contributed by atoms with van der Waals surface area (Å²) in [4.78, 5) is 10.7. The zero-order valence-corrected chi connectivity index (χ0v) is 10.7. The molecule has 1 unspecified atom stereocenters. The highest BCUT2D eigenvalue weighted by Gasteiger charge is 2.39. The Bertz CT molecular complexity index is 632. The van der Waals surface area contributed by atoms with E-state index in [0.29, 0.717) is 0 Å². The smallest absolute Gasteiger partial charge is 0.418 e. The molecule has 21 heavy (non-hydrogen) atoms. The second kappa shape index (κ2) is 5.61. The number of benzene rings is 1. The minimum Gasteiger partial charge on any atom is -0.478 e. The van der Waals surface area contributed by atoms with Crippen molar-refractivity contribution in [2.45, 2.75) is 18.8 Å². The van der Waals surface area contributed by atoms with Crippen molar-refractivity contribution in [2.24, 2.45) is 0 Å². The van der Waals surface area contributed by atoms with E-state index in [1.165, 1.54) is 35.2 Å². The number of hydrogen-bond donors (Lipinski definition) is 2. The number of nitrogens with zero attached hydrogens (tertiary/aromatic N) is 1. The van der Waals surface area contributed by atoms with E-state index >= 15 is 0 Å². The molecule has 0 aliphatic rings. The SMILES string of the molecule is O=C(O)c1ccc(Cn2ccc(C(O)C(F)(F)F)c2)cc1. The average Bonchev–Trinajstić information content (AvgIpc) is 2.85. The maximum absolute atomic E-state index is 12.4. The maximum Gasteiger partial charge on any atom is 0.418 e. The van der Waals surface area contributed by atoms with Crippen molar-refractivity contribution in [1.29, 1.82) is 0 Å². The van der Waals surface area contributed by atoms with Gasteiger partial charge in [0, 0.05) is 24.5 Å². The number of carboxylic acid groups (broad SMARTS) is 1. The Morgan fingerprint density at radius 3 is 2.33 bits per heavy atom. The Balaban J connectivity index is 2.10. The summed E-state index contributed by atoms with van der Waals surface area (Å²) >= 11 is 0. The second-order valence-corrected chi connectivity index (χ2v) is 4.56. The van der Waals surface area contributed by atoms with Gasteiger partial charge in [-0.1, -0.05) is 12.1 Å². The Morgan fingerprint density at radius 2 is 1.81 bits per heavy atom. The molecule has 4 nitrogen and oxygen atoms in total. The molecule has 0 saturated carbocycles. The molecule has 0 fully saturated rings. The molecular formula is C14H12F3NO3. The van der Waals surface area contributed by atoms with Crippen LogP contribution in [0, 0.1) is 0 Å². The molecule has 0 spiro atoms. The van der Waals surface area contributed by atoms with Crippen molar-refractivity contribution in [3.05, 3.63) is 59.4 Å². The Labute approximate surface area is 118 Å². The van der Waals surface area contributed by atoms with E-state index in [0.717, 1.165) is 5.56 Å². The van der Waals surface area contributed by atoms with Gasteiger partial charge in [-0.25, -0.2) is 4.79 Å². The fraction of sp³-hybridized carbons (Fsp3) is 0.214. The van der Waals surface area contributed by atoms with Gasteiger partial charge in [-0.15, -0.1) is 0 Å². The monoisotopic (exact) mass is 299 g/mol. The second-order valence-electron chi connectivity index (χ2n) is 4.56.